The van der Waals surface area contributed by atoms with Crippen LogP contribution in [0.3, 0.4) is 0 Å². The zero-order valence-corrected chi connectivity index (χ0v) is 14.2. The second kappa shape index (κ2) is 6.67. The van der Waals surface area contributed by atoms with Crippen molar-refractivity contribution in [2.45, 2.75) is 33.6 Å². The molecule has 0 atom stereocenters. The van der Waals surface area contributed by atoms with Crippen molar-refractivity contribution in [2.75, 3.05) is 0 Å². The van der Waals surface area contributed by atoms with Crippen LogP contribution >= 0.6 is 0 Å². The molecule has 0 amide bonds. The molecule has 120 valence electrons. The van der Waals surface area contributed by atoms with E-state index in [4.69, 9.17) is 0 Å². The van der Waals surface area contributed by atoms with E-state index in [1.54, 1.807) is 0 Å². The van der Waals surface area contributed by atoms with E-state index in [1.165, 1.54) is 16.7 Å². The summed E-state index contributed by atoms with van der Waals surface area (Å²) in [5.74, 6) is 0. The lowest BCUT2D eigenvalue weighted by Gasteiger charge is -2.11. The smallest absolute Gasteiger partial charge is 0.186 e. The first-order valence-corrected chi connectivity index (χ1v) is 8.07. The van der Waals surface area contributed by atoms with E-state index in [2.05, 4.69) is 67.5 Å². The highest BCUT2D eigenvalue weighted by Gasteiger charge is 2.16. The van der Waals surface area contributed by atoms with Crippen molar-refractivity contribution in [1.82, 2.24) is 15.0 Å². The van der Waals surface area contributed by atoms with Crippen LogP contribution in [0.5, 0.6) is 0 Å². The Balaban J connectivity index is 1.95. The Labute approximate surface area is 142 Å². The quantitative estimate of drug-likeness (QED) is 0.734. The maximum atomic E-state index is 9.37. The number of nitriles is 1. The van der Waals surface area contributed by atoms with Crippen LogP contribution in [0.25, 0.3) is 5.69 Å². The monoisotopic (exact) mass is 316 g/mol. The van der Waals surface area contributed by atoms with Gasteiger partial charge in [0.05, 0.1) is 11.4 Å². The van der Waals surface area contributed by atoms with Gasteiger partial charge in [-0.05, 0) is 56.4 Å². The Hall–Kier alpha value is -2.93. The van der Waals surface area contributed by atoms with Crippen molar-refractivity contribution >= 4 is 0 Å². The van der Waals surface area contributed by atoms with Gasteiger partial charge in [-0.15, -0.1) is 5.10 Å². The van der Waals surface area contributed by atoms with Crippen molar-refractivity contribution < 1.29 is 0 Å². The predicted molar refractivity (Wildman–Crippen MR) is 94.1 cm³/mol. The third-order valence-corrected chi connectivity index (χ3v) is 4.44. The van der Waals surface area contributed by atoms with E-state index in [-0.39, 0.29) is 0 Å². The normalized spacial score (nSPS) is 10.6. The number of nitrogens with zero attached hydrogens (tertiary/aromatic N) is 4. The molecule has 0 aliphatic rings. The largest absolute Gasteiger partial charge is 0.216 e. The maximum absolute atomic E-state index is 9.37. The molecule has 0 saturated heterocycles. The minimum Gasteiger partial charge on any atom is -0.216 e. The van der Waals surface area contributed by atoms with E-state index in [9.17, 15) is 5.26 Å². The SMILES string of the molecule is Cc1ccc(CCc2c(C#N)nnn2-c2cccc(C)c2C)cc1. The fraction of sp³-hybridized carbons (Fsp3) is 0.250. The van der Waals surface area contributed by atoms with E-state index < -0.39 is 0 Å². The van der Waals surface area contributed by atoms with Crippen molar-refractivity contribution in [3.05, 3.63) is 76.1 Å². The molecular formula is C20H20N4. The summed E-state index contributed by atoms with van der Waals surface area (Å²) in [7, 11) is 0. The molecule has 0 saturated carbocycles. The van der Waals surface area contributed by atoms with Crippen LogP contribution in [0.4, 0.5) is 0 Å². The zero-order valence-electron chi connectivity index (χ0n) is 14.2. The van der Waals surface area contributed by atoms with Crippen LogP contribution in [0.15, 0.2) is 42.5 Å². The molecule has 0 spiro atoms. The summed E-state index contributed by atoms with van der Waals surface area (Å²) in [4.78, 5) is 0. The van der Waals surface area contributed by atoms with E-state index in [0.717, 1.165) is 29.8 Å². The molecule has 1 aromatic heterocycles. The molecule has 0 aliphatic carbocycles. The molecule has 4 heteroatoms. The molecule has 0 aliphatic heterocycles. The highest BCUT2D eigenvalue weighted by atomic mass is 15.4. The second-order valence-corrected chi connectivity index (χ2v) is 6.11. The zero-order chi connectivity index (χ0) is 17.1. The van der Waals surface area contributed by atoms with Gasteiger partial charge in [0.25, 0.3) is 0 Å². The lowest BCUT2D eigenvalue weighted by molar-refractivity contribution is 0.747. The minimum atomic E-state index is 0.406. The van der Waals surface area contributed by atoms with Crippen LogP contribution in [0.1, 0.15) is 33.6 Å². The summed E-state index contributed by atoms with van der Waals surface area (Å²) in [6.45, 7) is 6.23. The Morgan fingerprint density at radius 2 is 1.75 bits per heavy atom. The average molecular weight is 316 g/mol. The highest BCUT2D eigenvalue weighted by molar-refractivity contribution is 5.46. The standard InChI is InChI=1S/C20H20N4/c1-14-7-9-17(10-8-14)11-12-20-18(13-21)22-23-24(20)19-6-4-5-15(2)16(19)3/h4-10H,11-12H2,1-3H3. The van der Waals surface area contributed by atoms with Crippen molar-refractivity contribution in [3.63, 3.8) is 0 Å². The maximum Gasteiger partial charge on any atom is 0.186 e. The van der Waals surface area contributed by atoms with Gasteiger partial charge in [-0.3, -0.25) is 0 Å². The Bertz CT molecular complexity index is 898. The van der Waals surface area contributed by atoms with Gasteiger partial charge in [0, 0.05) is 0 Å². The highest BCUT2D eigenvalue weighted by Crippen LogP contribution is 2.20. The Kier molecular flexibility index (Phi) is 4.43. The summed E-state index contributed by atoms with van der Waals surface area (Å²) in [6.07, 6.45) is 1.58. The van der Waals surface area contributed by atoms with Gasteiger partial charge < -0.3 is 0 Å². The lowest BCUT2D eigenvalue weighted by Crippen LogP contribution is -2.07. The molecule has 0 radical (unpaired) electrons. The molecule has 2 aromatic carbocycles. The minimum absolute atomic E-state index is 0.406. The molecule has 3 aromatic rings. The number of rotatable bonds is 4. The molecule has 0 fully saturated rings. The van der Waals surface area contributed by atoms with E-state index in [0.29, 0.717) is 5.69 Å². The fourth-order valence-corrected chi connectivity index (χ4v) is 2.79. The summed E-state index contributed by atoms with van der Waals surface area (Å²) in [6, 6.07) is 16.8. The fourth-order valence-electron chi connectivity index (χ4n) is 2.79. The first-order chi connectivity index (χ1) is 11.6. The van der Waals surface area contributed by atoms with Crippen LogP contribution in [0, 0.1) is 32.1 Å². The second-order valence-electron chi connectivity index (χ2n) is 6.11. The average Bonchev–Trinajstić information content (AvgIpc) is 2.99. The first-order valence-electron chi connectivity index (χ1n) is 8.07. The summed E-state index contributed by atoms with van der Waals surface area (Å²) >= 11 is 0. The van der Waals surface area contributed by atoms with Crippen LogP contribution < -0.4 is 0 Å². The molecule has 3 rings (SSSR count). The Morgan fingerprint density at radius 3 is 2.46 bits per heavy atom. The van der Waals surface area contributed by atoms with Gasteiger partial charge in [0.15, 0.2) is 5.69 Å². The third-order valence-electron chi connectivity index (χ3n) is 4.44. The molecule has 0 bridgehead atoms. The number of aryl methyl sites for hydroxylation is 3. The first kappa shape index (κ1) is 15.9. The number of aromatic nitrogens is 3. The molecular weight excluding hydrogens is 296 g/mol. The lowest BCUT2D eigenvalue weighted by atomic mass is 10.0. The topological polar surface area (TPSA) is 54.5 Å². The number of benzene rings is 2. The molecule has 0 N–H and O–H groups in total. The van der Waals surface area contributed by atoms with Crippen molar-refractivity contribution in [3.8, 4) is 11.8 Å². The van der Waals surface area contributed by atoms with Crippen LogP contribution in [0.2, 0.25) is 0 Å². The summed E-state index contributed by atoms with van der Waals surface area (Å²) in [5, 5.41) is 17.7. The predicted octanol–water partition coefficient (Wildman–Crippen LogP) is 3.85. The van der Waals surface area contributed by atoms with Gasteiger partial charge >= 0.3 is 0 Å². The van der Waals surface area contributed by atoms with Gasteiger partial charge in [0.2, 0.25) is 0 Å². The van der Waals surface area contributed by atoms with Crippen molar-refractivity contribution in [1.29, 1.82) is 5.26 Å². The van der Waals surface area contributed by atoms with Crippen LogP contribution in [-0.2, 0) is 12.8 Å². The molecule has 0 unspecified atom stereocenters. The van der Waals surface area contributed by atoms with Gasteiger partial charge in [-0.25, -0.2) is 4.68 Å². The molecule has 1 heterocycles. The van der Waals surface area contributed by atoms with E-state index in [1.807, 2.05) is 16.8 Å². The van der Waals surface area contributed by atoms with E-state index >= 15 is 0 Å². The summed E-state index contributed by atoms with van der Waals surface area (Å²) in [5.41, 5.74) is 7.11. The van der Waals surface area contributed by atoms with Gasteiger partial charge in [0.1, 0.15) is 6.07 Å². The Morgan fingerprint density at radius 1 is 1.00 bits per heavy atom. The van der Waals surface area contributed by atoms with Crippen LogP contribution in [-0.4, -0.2) is 15.0 Å². The number of hydrogen-bond donors (Lipinski definition) is 0. The molecule has 4 nitrogen and oxygen atoms in total. The third kappa shape index (κ3) is 3.07. The van der Waals surface area contributed by atoms with Crippen molar-refractivity contribution in [2.24, 2.45) is 0 Å². The van der Waals surface area contributed by atoms with Gasteiger partial charge in [-0.1, -0.05) is 47.2 Å². The summed E-state index contributed by atoms with van der Waals surface area (Å²) < 4.78 is 1.81. The molecule has 24 heavy (non-hydrogen) atoms. The number of hydrogen-bond acceptors (Lipinski definition) is 3. The van der Waals surface area contributed by atoms with Gasteiger partial charge in [-0.2, -0.15) is 5.26 Å².